The maximum absolute atomic E-state index is 12.6. The molecule has 2 aromatic rings. The monoisotopic (exact) mass is 309 g/mol. The van der Waals surface area contributed by atoms with Gasteiger partial charge in [0.05, 0.1) is 5.69 Å². The summed E-state index contributed by atoms with van der Waals surface area (Å²) in [6.45, 7) is 4.68. The van der Waals surface area contributed by atoms with Crippen molar-refractivity contribution in [3.05, 3.63) is 55.1 Å². The predicted molar refractivity (Wildman–Crippen MR) is 90.8 cm³/mol. The molecule has 0 radical (unpaired) electrons. The smallest absolute Gasteiger partial charge is 0.306 e. The van der Waals surface area contributed by atoms with Crippen molar-refractivity contribution in [2.24, 2.45) is 0 Å². The summed E-state index contributed by atoms with van der Waals surface area (Å²) in [5.41, 5.74) is 0.746. The maximum Gasteiger partial charge on any atom is 0.340 e. The first-order chi connectivity index (χ1) is 11.2. The molecule has 1 aliphatic heterocycles. The topological polar surface area (TPSA) is 52.7 Å². The van der Waals surface area contributed by atoms with E-state index in [0.717, 1.165) is 22.9 Å². The van der Waals surface area contributed by atoms with Crippen LogP contribution in [0.1, 0.15) is 12.8 Å². The van der Waals surface area contributed by atoms with Crippen LogP contribution in [0.3, 0.4) is 0 Å². The molecule has 3 amide bonds. The number of carbonyl (C=O) groups excluding carboxylic acids is 2. The first-order valence-electron chi connectivity index (χ1n) is 7.68. The fourth-order valence-corrected chi connectivity index (χ4v) is 2.83. The minimum Gasteiger partial charge on any atom is -0.306 e. The van der Waals surface area contributed by atoms with Crippen molar-refractivity contribution in [2.45, 2.75) is 12.8 Å². The Balaban J connectivity index is 1.80. The molecule has 0 bridgehead atoms. The van der Waals surface area contributed by atoms with E-state index in [1.165, 1.54) is 10.0 Å². The van der Waals surface area contributed by atoms with E-state index < -0.39 is 0 Å². The molecule has 5 heteroatoms. The van der Waals surface area contributed by atoms with Gasteiger partial charge in [0.2, 0.25) is 5.91 Å². The fourth-order valence-electron chi connectivity index (χ4n) is 2.83. The van der Waals surface area contributed by atoms with Gasteiger partial charge in [0.15, 0.2) is 0 Å². The van der Waals surface area contributed by atoms with Gasteiger partial charge in [-0.25, -0.2) is 14.8 Å². The zero-order valence-electron chi connectivity index (χ0n) is 12.9. The lowest BCUT2D eigenvalue weighted by Gasteiger charge is -2.27. The van der Waals surface area contributed by atoms with Gasteiger partial charge < -0.3 is 5.32 Å². The standard InChI is InChI=1S/C18H19N3O2/c1-2-7-17(22)20-12-6-13-21(20)18(23)19-16-11-5-9-14-8-3-4-10-15(14)16/h2-5,8-11H,1,6-7,12-13H2,(H,19,23). The molecule has 3 rings (SSSR count). The number of benzene rings is 2. The predicted octanol–water partition coefficient (Wildman–Crippen LogP) is 3.40. The largest absolute Gasteiger partial charge is 0.340 e. The first kappa shape index (κ1) is 15.1. The summed E-state index contributed by atoms with van der Waals surface area (Å²) in [6.07, 6.45) is 2.57. The van der Waals surface area contributed by atoms with Gasteiger partial charge in [-0.05, 0) is 17.9 Å². The van der Waals surface area contributed by atoms with Gasteiger partial charge in [0, 0.05) is 24.9 Å². The van der Waals surface area contributed by atoms with Crippen LogP contribution in [0.2, 0.25) is 0 Å². The van der Waals surface area contributed by atoms with Gasteiger partial charge in [-0.2, -0.15) is 0 Å². The third-order valence-electron chi connectivity index (χ3n) is 3.90. The molecule has 23 heavy (non-hydrogen) atoms. The minimum absolute atomic E-state index is 0.106. The van der Waals surface area contributed by atoms with Crippen molar-refractivity contribution in [1.82, 2.24) is 10.0 Å². The molecule has 1 heterocycles. The molecule has 1 N–H and O–H groups in total. The van der Waals surface area contributed by atoms with Crippen molar-refractivity contribution in [3.8, 4) is 0 Å². The molecule has 0 saturated carbocycles. The molecule has 118 valence electrons. The normalized spacial score (nSPS) is 14.1. The molecule has 1 aliphatic rings. The number of urea groups is 1. The Morgan fingerprint density at radius 3 is 2.65 bits per heavy atom. The molecular weight excluding hydrogens is 290 g/mol. The van der Waals surface area contributed by atoms with Crippen molar-refractivity contribution in [2.75, 3.05) is 18.4 Å². The number of hydrazine groups is 1. The van der Waals surface area contributed by atoms with E-state index in [4.69, 9.17) is 0 Å². The van der Waals surface area contributed by atoms with Crippen LogP contribution in [-0.2, 0) is 4.79 Å². The molecule has 1 saturated heterocycles. The highest BCUT2D eigenvalue weighted by atomic mass is 16.2. The Morgan fingerprint density at radius 1 is 1.09 bits per heavy atom. The Hall–Kier alpha value is -2.82. The summed E-state index contributed by atoms with van der Waals surface area (Å²) >= 11 is 0. The molecule has 2 aromatic carbocycles. The van der Waals surface area contributed by atoms with Crippen LogP contribution >= 0.6 is 0 Å². The Labute approximate surface area is 135 Å². The van der Waals surface area contributed by atoms with Crippen LogP contribution < -0.4 is 5.32 Å². The Morgan fingerprint density at radius 2 is 1.83 bits per heavy atom. The van der Waals surface area contributed by atoms with Crippen LogP contribution in [0.4, 0.5) is 10.5 Å². The van der Waals surface area contributed by atoms with Gasteiger partial charge in [0.25, 0.3) is 0 Å². The summed E-state index contributed by atoms with van der Waals surface area (Å²) in [6, 6.07) is 13.4. The lowest BCUT2D eigenvalue weighted by molar-refractivity contribution is -0.138. The maximum atomic E-state index is 12.6. The van der Waals surface area contributed by atoms with E-state index in [9.17, 15) is 9.59 Å². The second-order valence-electron chi connectivity index (χ2n) is 5.44. The highest BCUT2D eigenvalue weighted by Gasteiger charge is 2.30. The number of nitrogens with one attached hydrogen (secondary N) is 1. The molecule has 0 unspecified atom stereocenters. The van der Waals surface area contributed by atoms with Crippen molar-refractivity contribution in [3.63, 3.8) is 0 Å². The molecule has 1 fully saturated rings. The first-order valence-corrected chi connectivity index (χ1v) is 7.68. The average Bonchev–Trinajstić information content (AvgIpc) is 3.05. The van der Waals surface area contributed by atoms with Crippen LogP contribution in [-0.4, -0.2) is 35.0 Å². The molecule has 0 aromatic heterocycles. The lowest BCUT2D eigenvalue weighted by atomic mass is 10.1. The number of hydrogen-bond donors (Lipinski definition) is 1. The van der Waals surface area contributed by atoms with E-state index >= 15 is 0 Å². The molecule has 0 atom stereocenters. The van der Waals surface area contributed by atoms with Crippen LogP contribution in [0.5, 0.6) is 0 Å². The number of fused-ring (bicyclic) bond motifs is 1. The van der Waals surface area contributed by atoms with Gasteiger partial charge in [-0.15, -0.1) is 6.58 Å². The van der Waals surface area contributed by atoms with Gasteiger partial charge >= 0.3 is 6.03 Å². The van der Waals surface area contributed by atoms with Crippen LogP contribution in [0, 0.1) is 0 Å². The number of rotatable bonds is 3. The number of carbonyl (C=O) groups is 2. The number of hydrogen-bond acceptors (Lipinski definition) is 2. The summed E-state index contributed by atoms with van der Waals surface area (Å²) in [5.74, 6) is -0.106. The SMILES string of the molecule is C=CCC(=O)N1CCCN1C(=O)Nc1cccc2ccccc12. The minimum atomic E-state index is -0.281. The van der Waals surface area contributed by atoms with E-state index in [-0.39, 0.29) is 18.4 Å². The summed E-state index contributed by atoms with van der Waals surface area (Å²) < 4.78 is 0. The number of nitrogens with zero attached hydrogens (tertiary/aromatic N) is 2. The zero-order chi connectivity index (χ0) is 16.2. The summed E-state index contributed by atoms with van der Waals surface area (Å²) in [5, 5.41) is 7.94. The Bertz CT molecular complexity index is 752. The van der Waals surface area contributed by atoms with Gasteiger partial charge in [0.1, 0.15) is 0 Å². The molecule has 0 spiro atoms. The van der Waals surface area contributed by atoms with Gasteiger partial charge in [-0.3, -0.25) is 4.79 Å². The van der Waals surface area contributed by atoms with Crippen molar-refractivity contribution < 1.29 is 9.59 Å². The molecular formula is C18H19N3O2. The number of anilines is 1. The van der Waals surface area contributed by atoms with E-state index in [1.807, 2.05) is 42.5 Å². The Kier molecular flexibility index (Phi) is 4.28. The van der Waals surface area contributed by atoms with Crippen molar-refractivity contribution in [1.29, 1.82) is 0 Å². The summed E-state index contributed by atoms with van der Waals surface area (Å²) in [4.78, 5) is 24.6. The lowest BCUT2D eigenvalue weighted by Crippen LogP contribution is -2.46. The molecule has 0 aliphatic carbocycles. The number of amides is 3. The fraction of sp³-hybridized carbons (Fsp3) is 0.222. The third-order valence-corrected chi connectivity index (χ3v) is 3.90. The van der Waals surface area contributed by atoms with E-state index in [1.54, 1.807) is 6.08 Å². The molecule has 5 nitrogen and oxygen atoms in total. The second-order valence-corrected chi connectivity index (χ2v) is 5.44. The van der Waals surface area contributed by atoms with Crippen molar-refractivity contribution >= 4 is 28.4 Å². The zero-order valence-corrected chi connectivity index (χ0v) is 12.9. The quantitative estimate of drug-likeness (QED) is 0.884. The average molecular weight is 309 g/mol. The third kappa shape index (κ3) is 3.04. The highest BCUT2D eigenvalue weighted by Crippen LogP contribution is 2.24. The highest BCUT2D eigenvalue weighted by molar-refractivity contribution is 6.02. The van der Waals surface area contributed by atoms with Gasteiger partial charge in [-0.1, -0.05) is 42.5 Å². The van der Waals surface area contributed by atoms with Crippen LogP contribution in [0.15, 0.2) is 55.1 Å². The van der Waals surface area contributed by atoms with Crippen LogP contribution in [0.25, 0.3) is 10.8 Å². The van der Waals surface area contributed by atoms with E-state index in [0.29, 0.717) is 13.1 Å². The summed E-state index contributed by atoms with van der Waals surface area (Å²) in [7, 11) is 0. The van der Waals surface area contributed by atoms with E-state index in [2.05, 4.69) is 11.9 Å². The second kappa shape index (κ2) is 6.52.